The Kier molecular flexibility index (Phi) is 9.69. The van der Waals surface area contributed by atoms with Crippen LogP contribution in [-0.4, -0.2) is 30.5 Å². The predicted molar refractivity (Wildman–Crippen MR) is 121 cm³/mol. The van der Waals surface area contributed by atoms with Gasteiger partial charge in [0.2, 0.25) is 0 Å². The van der Waals surface area contributed by atoms with Gasteiger partial charge in [-0.05, 0) is 56.1 Å². The maximum absolute atomic E-state index is 5.35. The van der Waals surface area contributed by atoms with Gasteiger partial charge in [0.1, 0.15) is 5.76 Å². The fraction of sp³-hybridized carbons (Fsp3) is 0.476. The SMILES string of the molecule is CCNC(=NCc1ccc(CN2CCCCC2)cc1)NCc1ccco1.I. The minimum Gasteiger partial charge on any atom is -0.467 e. The minimum atomic E-state index is 0. The number of hydrogen-bond acceptors (Lipinski definition) is 3. The van der Waals surface area contributed by atoms with Crippen molar-refractivity contribution in [3.05, 3.63) is 59.5 Å². The van der Waals surface area contributed by atoms with E-state index in [4.69, 9.17) is 4.42 Å². The molecule has 0 spiro atoms. The highest BCUT2D eigenvalue weighted by Crippen LogP contribution is 2.14. The summed E-state index contributed by atoms with van der Waals surface area (Å²) >= 11 is 0. The molecule has 0 aliphatic carbocycles. The van der Waals surface area contributed by atoms with E-state index in [1.165, 1.54) is 43.5 Å². The van der Waals surface area contributed by atoms with Gasteiger partial charge in [-0.2, -0.15) is 0 Å². The van der Waals surface area contributed by atoms with Crippen LogP contribution in [-0.2, 0) is 19.6 Å². The van der Waals surface area contributed by atoms with Crippen molar-refractivity contribution < 1.29 is 4.42 Å². The molecule has 27 heavy (non-hydrogen) atoms. The molecule has 2 N–H and O–H groups in total. The molecule has 5 nitrogen and oxygen atoms in total. The zero-order valence-electron chi connectivity index (χ0n) is 16.1. The molecule has 1 fully saturated rings. The maximum atomic E-state index is 5.35. The molecule has 0 atom stereocenters. The van der Waals surface area contributed by atoms with Crippen LogP contribution in [0.15, 0.2) is 52.1 Å². The molecule has 1 saturated heterocycles. The average Bonchev–Trinajstić information content (AvgIpc) is 3.20. The van der Waals surface area contributed by atoms with Crippen LogP contribution in [0.25, 0.3) is 0 Å². The van der Waals surface area contributed by atoms with Gasteiger partial charge in [-0.3, -0.25) is 4.90 Å². The van der Waals surface area contributed by atoms with Crippen molar-refractivity contribution in [2.24, 2.45) is 4.99 Å². The third-order valence-electron chi connectivity index (χ3n) is 4.65. The molecule has 0 bridgehead atoms. The first-order valence-electron chi connectivity index (χ1n) is 9.68. The predicted octanol–water partition coefficient (Wildman–Crippen LogP) is 4.14. The Labute approximate surface area is 179 Å². The van der Waals surface area contributed by atoms with Crippen molar-refractivity contribution >= 4 is 29.9 Å². The summed E-state index contributed by atoms with van der Waals surface area (Å²) in [5.41, 5.74) is 2.62. The molecule has 1 aliphatic heterocycles. The molecule has 0 radical (unpaired) electrons. The highest BCUT2D eigenvalue weighted by Gasteiger charge is 2.10. The van der Waals surface area contributed by atoms with Crippen LogP contribution >= 0.6 is 24.0 Å². The van der Waals surface area contributed by atoms with E-state index in [0.29, 0.717) is 13.1 Å². The van der Waals surface area contributed by atoms with Crippen LogP contribution in [0.4, 0.5) is 0 Å². The summed E-state index contributed by atoms with van der Waals surface area (Å²) in [4.78, 5) is 7.22. The fourth-order valence-corrected chi connectivity index (χ4v) is 3.22. The molecule has 1 aliphatic rings. The van der Waals surface area contributed by atoms with Gasteiger partial charge in [0.25, 0.3) is 0 Å². The summed E-state index contributed by atoms with van der Waals surface area (Å²) in [5.74, 6) is 1.71. The molecular formula is C21H31IN4O. The number of benzene rings is 1. The van der Waals surface area contributed by atoms with Gasteiger partial charge in [0.15, 0.2) is 5.96 Å². The Hall–Kier alpha value is -1.54. The van der Waals surface area contributed by atoms with E-state index in [1.54, 1.807) is 6.26 Å². The molecule has 6 heteroatoms. The summed E-state index contributed by atoms with van der Waals surface area (Å²) in [7, 11) is 0. The van der Waals surface area contributed by atoms with Crippen molar-refractivity contribution in [2.45, 2.75) is 45.8 Å². The highest BCUT2D eigenvalue weighted by atomic mass is 127. The average molecular weight is 482 g/mol. The topological polar surface area (TPSA) is 52.8 Å². The first-order chi connectivity index (χ1) is 12.8. The molecule has 0 saturated carbocycles. The first kappa shape index (κ1) is 21.8. The number of halogens is 1. The lowest BCUT2D eigenvalue weighted by Crippen LogP contribution is -2.36. The van der Waals surface area contributed by atoms with Crippen molar-refractivity contribution in [1.29, 1.82) is 0 Å². The number of nitrogens with zero attached hydrogens (tertiary/aromatic N) is 2. The Morgan fingerprint density at radius 3 is 2.44 bits per heavy atom. The second kappa shape index (κ2) is 12.0. The molecule has 0 unspecified atom stereocenters. The molecular weight excluding hydrogens is 451 g/mol. The smallest absolute Gasteiger partial charge is 0.191 e. The summed E-state index contributed by atoms with van der Waals surface area (Å²) in [6.45, 7) is 7.74. The Bertz CT molecular complexity index is 664. The Balaban J connectivity index is 0.00000261. The number of furan rings is 1. The zero-order chi connectivity index (χ0) is 18.0. The summed E-state index contributed by atoms with van der Waals surface area (Å²) in [6, 6.07) is 12.7. The van der Waals surface area contributed by atoms with Gasteiger partial charge in [0.05, 0.1) is 19.4 Å². The van der Waals surface area contributed by atoms with Crippen molar-refractivity contribution in [3.8, 4) is 0 Å². The summed E-state index contributed by atoms with van der Waals surface area (Å²) in [5, 5.41) is 6.57. The van der Waals surface area contributed by atoms with Crippen LogP contribution in [0.3, 0.4) is 0 Å². The fourth-order valence-electron chi connectivity index (χ4n) is 3.22. The third-order valence-corrected chi connectivity index (χ3v) is 4.65. The number of nitrogens with one attached hydrogen (secondary N) is 2. The maximum Gasteiger partial charge on any atom is 0.191 e. The molecule has 3 rings (SSSR count). The number of guanidine groups is 1. The molecule has 2 aromatic rings. The molecule has 1 aromatic heterocycles. The lowest BCUT2D eigenvalue weighted by molar-refractivity contribution is 0.221. The summed E-state index contributed by atoms with van der Waals surface area (Å²) < 4.78 is 5.35. The molecule has 2 heterocycles. The molecule has 0 amide bonds. The van der Waals surface area contributed by atoms with Gasteiger partial charge >= 0.3 is 0 Å². The summed E-state index contributed by atoms with van der Waals surface area (Å²) in [6.07, 6.45) is 5.75. The highest BCUT2D eigenvalue weighted by molar-refractivity contribution is 14.0. The van der Waals surface area contributed by atoms with E-state index in [9.17, 15) is 0 Å². The molecule has 148 valence electrons. The second-order valence-electron chi connectivity index (χ2n) is 6.78. The Morgan fingerprint density at radius 2 is 1.78 bits per heavy atom. The Morgan fingerprint density at radius 1 is 1.04 bits per heavy atom. The van der Waals surface area contributed by atoms with Crippen LogP contribution in [0, 0.1) is 0 Å². The van der Waals surface area contributed by atoms with E-state index < -0.39 is 0 Å². The normalized spacial score (nSPS) is 15.2. The zero-order valence-corrected chi connectivity index (χ0v) is 18.4. The van der Waals surface area contributed by atoms with Crippen molar-refractivity contribution in [1.82, 2.24) is 15.5 Å². The minimum absolute atomic E-state index is 0. The number of rotatable bonds is 7. The van der Waals surface area contributed by atoms with E-state index in [2.05, 4.69) is 51.7 Å². The van der Waals surface area contributed by atoms with Gasteiger partial charge in [-0.15, -0.1) is 24.0 Å². The van der Waals surface area contributed by atoms with Gasteiger partial charge in [-0.1, -0.05) is 30.7 Å². The van der Waals surface area contributed by atoms with Crippen molar-refractivity contribution in [2.75, 3.05) is 19.6 Å². The van der Waals surface area contributed by atoms with E-state index in [-0.39, 0.29) is 24.0 Å². The quantitative estimate of drug-likeness (QED) is 0.354. The number of piperidine rings is 1. The van der Waals surface area contributed by atoms with E-state index >= 15 is 0 Å². The van der Waals surface area contributed by atoms with Gasteiger partial charge in [0, 0.05) is 13.1 Å². The number of hydrogen-bond donors (Lipinski definition) is 2. The lowest BCUT2D eigenvalue weighted by Gasteiger charge is -2.26. The van der Waals surface area contributed by atoms with Crippen LogP contribution < -0.4 is 10.6 Å². The van der Waals surface area contributed by atoms with Gasteiger partial charge in [-0.25, -0.2) is 4.99 Å². The monoisotopic (exact) mass is 482 g/mol. The lowest BCUT2D eigenvalue weighted by atomic mass is 10.1. The molecule has 1 aromatic carbocycles. The van der Waals surface area contributed by atoms with Gasteiger partial charge < -0.3 is 15.1 Å². The van der Waals surface area contributed by atoms with Crippen LogP contribution in [0.5, 0.6) is 0 Å². The first-order valence-corrected chi connectivity index (χ1v) is 9.68. The second-order valence-corrected chi connectivity index (χ2v) is 6.78. The van der Waals surface area contributed by atoms with Crippen LogP contribution in [0.1, 0.15) is 43.1 Å². The standard InChI is InChI=1S/C21H30N4O.HI/c1-2-22-21(24-16-20-7-6-14-26-20)23-15-18-8-10-19(11-9-18)17-25-12-4-3-5-13-25;/h6-11,14H,2-5,12-13,15-17H2,1H3,(H2,22,23,24);1H. The van der Waals surface area contributed by atoms with E-state index in [0.717, 1.165) is 24.8 Å². The van der Waals surface area contributed by atoms with Crippen molar-refractivity contribution in [3.63, 3.8) is 0 Å². The number of aliphatic imine (C=N–C) groups is 1. The largest absolute Gasteiger partial charge is 0.467 e. The van der Waals surface area contributed by atoms with E-state index in [1.807, 2.05) is 12.1 Å². The van der Waals surface area contributed by atoms with Crippen LogP contribution in [0.2, 0.25) is 0 Å². The number of likely N-dealkylation sites (tertiary alicyclic amines) is 1. The third kappa shape index (κ3) is 7.54.